The molecule has 2 aromatic rings. The maximum absolute atomic E-state index is 12.5. The second kappa shape index (κ2) is 8.82. The smallest absolute Gasteiger partial charge is 0.321 e. The molecule has 128 valence electrons. The largest absolute Gasteiger partial charge is 0.494 e. The van der Waals surface area contributed by atoms with Crippen LogP contribution in [0.3, 0.4) is 0 Å². The predicted molar refractivity (Wildman–Crippen MR) is 95.7 cm³/mol. The third-order valence-electron chi connectivity index (χ3n) is 3.41. The Bertz CT molecular complexity index is 659. The molecule has 0 unspecified atom stereocenters. The van der Waals surface area contributed by atoms with Gasteiger partial charge in [0.1, 0.15) is 11.5 Å². The molecule has 1 N–H and O–H groups in total. The van der Waals surface area contributed by atoms with E-state index in [0.29, 0.717) is 36.9 Å². The number of hydrogen-bond donors (Lipinski definition) is 1. The standard InChI is InChI=1S/C19H24N2O3/c1-4-23-16-11-12-18(24-5-2)17(13-16)20-19(22)21(3)14-15-9-7-6-8-10-15/h6-13H,4-5,14H2,1-3H3,(H,20,22). The second-order valence-electron chi connectivity index (χ2n) is 5.30. The summed E-state index contributed by atoms with van der Waals surface area (Å²) in [7, 11) is 1.76. The van der Waals surface area contributed by atoms with E-state index in [1.165, 1.54) is 0 Å². The minimum Gasteiger partial charge on any atom is -0.494 e. The van der Waals surface area contributed by atoms with Gasteiger partial charge < -0.3 is 19.7 Å². The quantitative estimate of drug-likeness (QED) is 0.831. The van der Waals surface area contributed by atoms with E-state index in [9.17, 15) is 4.79 Å². The molecule has 0 aliphatic rings. The van der Waals surface area contributed by atoms with Crippen molar-refractivity contribution in [1.82, 2.24) is 4.90 Å². The van der Waals surface area contributed by atoms with Crippen LogP contribution in [0.1, 0.15) is 19.4 Å². The third kappa shape index (κ3) is 4.91. The number of carbonyl (C=O) groups excluding carboxylic acids is 1. The van der Waals surface area contributed by atoms with Crippen LogP contribution in [0.5, 0.6) is 11.5 Å². The Morgan fingerprint density at radius 1 is 1.04 bits per heavy atom. The minimum absolute atomic E-state index is 0.201. The summed E-state index contributed by atoms with van der Waals surface area (Å²) >= 11 is 0. The van der Waals surface area contributed by atoms with E-state index in [4.69, 9.17) is 9.47 Å². The summed E-state index contributed by atoms with van der Waals surface area (Å²) in [5.41, 5.74) is 1.68. The van der Waals surface area contributed by atoms with Crippen LogP contribution in [0.15, 0.2) is 48.5 Å². The maximum Gasteiger partial charge on any atom is 0.321 e. The molecule has 0 spiro atoms. The molecular weight excluding hydrogens is 304 g/mol. The zero-order valence-corrected chi connectivity index (χ0v) is 14.4. The molecular formula is C19H24N2O3. The summed E-state index contributed by atoms with van der Waals surface area (Å²) in [5.74, 6) is 1.32. The molecule has 0 aromatic heterocycles. The Kier molecular flexibility index (Phi) is 6.49. The van der Waals surface area contributed by atoms with Gasteiger partial charge in [0.25, 0.3) is 0 Å². The molecule has 5 heteroatoms. The Morgan fingerprint density at radius 2 is 1.75 bits per heavy atom. The highest BCUT2D eigenvalue weighted by molar-refractivity contribution is 5.91. The van der Waals surface area contributed by atoms with Gasteiger partial charge in [0.2, 0.25) is 0 Å². The molecule has 0 radical (unpaired) electrons. The summed E-state index contributed by atoms with van der Waals surface area (Å²) in [6.07, 6.45) is 0. The fourth-order valence-electron chi connectivity index (χ4n) is 2.28. The maximum atomic E-state index is 12.5. The summed E-state index contributed by atoms with van der Waals surface area (Å²) in [4.78, 5) is 14.1. The molecule has 0 atom stereocenters. The van der Waals surface area contributed by atoms with Crippen LogP contribution in [-0.2, 0) is 6.54 Å². The normalized spacial score (nSPS) is 10.1. The lowest BCUT2D eigenvalue weighted by Gasteiger charge is -2.20. The number of carbonyl (C=O) groups is 1. The van der Waals surface area contributed by atoms with Gasteiger partial charge in [-0.1, -0.05) is 30.3 Å². The summed E-state index contributed by atoms with van der Waals surface area (Å²) in [6, 6.07) is 15.1. The van der Waals surface area contributed by atoms with Gasteiger partial charge in [0, 0.05) is 19.7 Å². The monoisotopic (exact) mass is 328 g/mol. The van der Waals surface area contributed by atoms with Crippen molar-refractivity contribution in [2.75, 3.05) is 25.6 Å². The number of anilines is 1. The lowest BCUT2D eigenvalue weighted by atomic mass is 10.2. The van der Waals surface area contributed by atoms with Gasteiger partial charge in [-0.3, -0.25) is 0 Å². The number of nitrogens with zero attached hydrogens (tertiary/aromatic N) is 1. The highest BCUT2D eigenvalue weighted by Gasteiger charge is 2.13. The molecule has 0 heterocycles. The average molecular weight is 328 g/mol. The molecule has 2 amide bonds. The Balaban J connectivity index is 2.09. The first-order chi connectivity index (χ1) is 11.6. The topological polar surface area (TPSA) is 50.8 Å². The molecule has 0 saturated heterocycles. The molecule has 0 bridgehead atoms. The van der Waals surface area contributed by atoms with Gasteiger partial charge in [0.05, 0.1) is 18.9 Å². The summed E-state index contributed by atoms with van der Waals surface area (Å²) < 4.78 is 11.1. The first kappa shape index (κ1) is 17.7. The molecule has 0 aliphatic heterocycles. The first-order valence-corrected chi connectivity index (χ1v) is 8.09. The molecule has 2 aromatic carbocycles. The number of urea groups is 1. The van der Waals surface area contributed by atoms with Gasteiger partial charge in [-0.2, -0.15) is 0 Å². The zero-order chi connectivity index (χ0) is 17.4. The van der Waals surface area contributed by atoms with Crippen molar-refractivity contribution in [3.63, 3.8) is 0 Å². The summed E-state index contributed by atoms with van der Waals surface area (Å²) in [5, 5.41) is 2.90. The van der Waals surface area contributed by atoms with Crippen LogP contribution in [-0.4, -0.2) is 31.2 Å². The average Bonchev–Trinajstić information content (AvgIpc) is 2.58. The highest BCUT2D eigenvalue weighted by atomic mass is 16.5. The van der Waals surface area contributed by atoms with E-state index >= 15 is 0 Å². The van der Waals surface area contributed by atoms with Gasteiger partial charge in [-0.15, -0.1) is 0 Å². The molecule has 5 nitrogen and oxygen atoms in total. The van der Waals surface area contributed by atoms with Crippen molar-refractivity contribution in [3.8, 4) is 11.5 Å². The van der Waals surface area contributed by atoms with Gasteiger partial charge in [-0.05, 0) is 31.5 Å². The molecule has 0 aliphatic carbocycles. The summed E-state index contributed by atoms with van der Waals surface area (Å²) in [6.45, 7) is 5.44. The van der Waals surface area contributed by atoms with E-state index in [-0.39, 0.29) is 6.03 Å². The third-order valence-corrected chi connectivity index (χ3v) is 3.41. The molecule has 2 rings (SSSR count). The van der Waals surface area contributed by atoms with Crippen molar-refractivity contribution >= 4 is 11.7 Å². The first-order valence-electron chi connectivity index (χ1n) is 8.09. The predicted octanol–water partition coefficient (Wildman–Crippen LogP) is 4.15. The van der Waals surface area contributed by atoms with Gasteiger partial charge >= 0.3 is 6.03 Å². The Hall–Kier alpha value is -2.69. The van der Waals surface area contributed by atoms with E-state index < -0.39 is 0 Å². The number of benzene rings is 2. The number of nitrogens with one attached hydrogen (secondary N) is 1. The number of rotatable bonds is 7. The van der Waals surface area contributed by atoms with Gasteiger partial charge in [0.15, 0.2) is 0 Å². The van der Waals surface area contributed by atoms with Crippen LogP contribution in [0.4, 0.5) is 10.5 Å². The van der Waals surface area contributed by atoms with Crippen LogP contribution in [0.25, 0.3) is 0 Å². The minimum atomic E-state index is -0.201. The lowest BCUT2D eigenvalue weighted by molar-refractivity contribution is 0.220. The number of ether oxygens (including phenoxy) is 2. The number of hydrogen-bond acceptors (Lipinski definition) is 3. The Morgan fingerprint density at radius 3 is 2.42 bits per heavy atom. The molecule has 0 saturated carbocycles. The van der Waals surface area contributed by atoms with E-state index in [0.717, 1.165) is 5.56 Å². The Labute approximate surface area is 143 Å². The van der Waals surface area contributed by atoms with E-state index in [1.807, 2.05) is 50.2 Å². The lowest BCUT2D eigenvalue weighted by Crippen LogP contribution is -2.31. The van der Waals surface area contributed by atoms with Crippen molar-refractivity contribution < 1.29 is 14.3 Å². The zero-order valence-electron chi connectivity index (χ0n) is 14.4. The van der Waals surface area contributed by atoms with E-state index in [2.05, 4.69) is 5.32 Å². The van der Waals surface area contributed by atoms with Crippen molar-refractivity contribution in [3.05, 3.63) is 54.1 Å². The fourth-order valence-corrected chi connectivity index (χ4v) is 2.28. The highest BCUT2D eigenvalue weighted by Crippen LogP contribution is 2.29. The second-order valence-corrected chi connectivity index (χ2v) is 5.30. The van der Waals surface area contributed by atoms with Crippen molar-refractivity contribution in [1.29, 1.82) is 0 Å². The van der Waals surface area contributed by atoms with Crippen molar-refractivity contribution in [2.45, 2.75) is 20.4 Å². The molecule has 24 heavy (non-hydrogen) atoms. The number of amides is 2. The van der Waals surface area contributed by atoms with Crippen LogP contribution >= 0.6 is 0 Å². The van der Waals surface area contributed by atoms with E-state index in [1.54, 1.807) is 24.1 Å². The SMILES string of the molecule is CCOc1ccc(OCC)c(NC(=O)N(C)Cc2ccccc2)c1. The van der Waals surface area contributed by atoms with Crippen LogP contribution in [0, 0.1) is 0 Å². The van der Waals surface area contributed by atoms with Crippen molar-refractivity contribution in [2.24, 2.45) is 0 Å². The van der Waals surface area contributed by atoms with Crippen LogP contribution < -0.4 is 14.8 Å². The van der Waals surface area contributed by atoms with Gasteiger partial charge in [-0.25, -0.2) is 4.79 Å². The fraction of sp³-hybridized carbons (Fsp3) is 0.316. The van der Waals surface area contributed by atoms with Crippen LogP contribution in [0.2, 0.25) is 0 Å². The molecule has 0 fully saturated rings.